The molecule has 108 valence electrons. The van der Waals surface area contributed by atoms with E-state index in [9.17, 15) is 0 Å². The van der Waals surface area contributed by atoms with Crippen LogP contribution in [0.2, 0.25) is 0 Å². The van der Waals surface area contributed by atoms with E-state index >= 15 is 0 Å². The normalized spacial score (nSPS) is 10.7. The fourth-order valence-electron chi connectivity index (χ4n) is 1.94. The van der Waals surface area contributed by atoms with Crippen molar-refractivity contribution >= 4 is 5.82 Å². The van der Waals surface area contributed by atoms with Gasteiger partial charge in [0.25, 0.3) is 0 Å². The third-order valence-corrected chi connectivity index (χ3v) is 3.06. The Labute approximate surface area is 120 Å². The third-order valence-electron chi connectivity index (χ3n) is 3.06. The van der Waals surface area contributed by atoms with Crippen molar-refractivity contribution in [3.05, 3.63) is 42.2 Å². The number of hydrogen-bond acceptors (Lipinski definition) is 5. The van der Waals surface area contributed by atoms with Crippen LogP contribution in [-0.4, -0.2) is 23.1 Å². The molecule has 0 fully saturated rings. The maximum absolute atomic E-state index is 5.38. The Morgan fingerprint density at radius 2 is 2.15 bits per heavy atom. The standard InChI is InChI=1S/C15H22N4O/c1-3-7-16-9-13-10-18-15(11-17-13)19(4-2)12-14-6-5-8-20-14/h5-6,8,10-11,16H,3-4,7,9,12H2,1-2H3. The number of aromatic nitrogens is 2. The predicted octanol–water partition coefficient (Wildman–Crippen LogP) is 2.60. The zero-order valence-corrected chi connectivity index (χ0v) is 12.2. The maximum atomic E-state index is 5.38. The van der Waals surface area contributed by atoms with Crippen LogP contribution in [0, 0.1) is 0 Å². The summed E-state index contributed by atoms with van der Waals surface area (Å²) in [5, 5.41) is 3.32. The van der Waals surface area contributed by atoms with E-state index in [1.54, 1.807) is 6.26 Å². The van der Waals surface area contributed by atoms with E-state index in [2.05, 4.69) is 34.0 Å². The first-order chi connectivity index (χ1) is 9.83. The molecule has 0 unspecified atom stereocenters. The quantitative estimate of drug-likeness (QED) is 0.750. The van der Waals surface area contributed by atoms with Gasteiger partial charge in [0.05, 0.1) is 30.9 Å². The molecule has 0 spiro atoms. The molecule has 2 aromatic heterocycles. The van der Waals surface area contributed by atoms with E-state index in [0.717, 1.165) is 43.3 Å². The highest BCUT2D eigenvalue weighted by Crippen LogP contribution is 2.13. The average Bonchev–Trinajstić information content (AvgIpc) is 2.99. The van der Waals surface area contributed by atoms with Gasteiger partial charge in [-0.05, 0) is 32.0 Å². The summed E-state index contributed by atoms with van der Waals surface area (Å²) in [7, 11) is 0. The van der Waals surface area contributed by atoms with Gasteiger partial charge in [-0.25, -0.2) is 4.98 Å². The molecule has 0 bridgehead atoms. The Balaban J connectivity index is 1.96. The molecule has 0 saturated heterocycles. The van der Waals surface area contributed by atoms with Crippen LogP contribution >= 0.6 is 0 Å². The first-order valence-corrected chi connectivity index (χ1v) is 7.12. The fourth-order valence-corrected chi connectivity index (χ4v) is 1.94. The second-order valence-corrected chi connectivity index (χ2v) is 4.64. The van der Waals surface area contributed by atoms with Gasteiger partial charge in [-0.15, -0.1) is 0 Å². The van der Waals surface area contributed by atoms with Crippen molar-refractivity contribution in [3.63, 3.8) is 0 Å². The van der Waals surface area contributed by atoms with E-state index < -0.39 is 0 Å². The van der Waals surface area contributed by atoms with Crippen LogP contribution in [0.25, 0.3) is 0 Å². The summed E-state index contributed by atoms with van der Waals surface area (Å²) in [5.41, 5.74) is 0.969. The topological polar surface area (TPSA) is 54.2 Å². The van der Waals surface area contributed by atoms with Crippen LogP contribution in [0.3, 0.4) is 0 Å². The third kappa shape index (κ3) is 4.06. The molecular formula is C15H22N4O. The van der Waals surface area contributed by atoms with Crippen molar-refractivity contribution in [1.82, 2.24) is 15.3 Å². The van der Waals surface area contributed by atoms with Gasteiger partial charge >= 0.3 is 0 Å². The van der Waals surface area contributed by atoms with Crippen molar-refractivity contribution < 1.29 is 4.42 Å². The number of hydrogen-bond donors (Lipinski definition) is 1. The number of nitrogens with zero attached hydrogens (tertiary/aromatic N) is 3. The minimum Gasteiger partial charge on any atom is -0.467 e. The molecule has 20 heavy (non-hydrogen) atoms. The van der Waals surface area contributed by atoms with Gasteiger partial charge in [0.1, 0.15) is 11.6 Å². The molecule has 5 heteroatoms. The van der Waals surface area contributed by atoms with Crippen molar-refractivity contribution in [2.75, 3.05) is 18.0 Å². The van der Waals surface area contributed by atoms with Crippen LogP contribution < -0.4 is 10.2 Å². The van der Waals surface area contributed by atoms with Crippen molar-refractivity contribution in [3.8, 4) is 0 Å². The molecule has 2 aromatic rings. The zero-order chi connectivity index (χ0) is 14.2. The summed E-state index contributed by atoms with van der Waals surface area (Å²) >= 11 is 0. The van der Waals surface area contributed by atoms with Crippen LogP contribution in [-0.2, 0) is 13.1 Å². The summed E-state index contributed by atoms with van der Waals surface area (Å²) in [5.74, 6) is 1.81. The highest BCUT2D eigenvalue weighted by molar-refractivity contribution is 5.36. The van der Waals surface area contributed by atoms with Crippen LogP contribution in [0.1, 0.15) is 31.7 Å². The molecular weight excluding hydrogens is 252 g/mol. The van der Waals surface area contributed by atoms with E-state index in [4.69, 9.17) is 4.42 Å². The maximum Gasteiger partial charge on any atom is 0.147 e. The SMILES string of the molecule is CCCNCc1cnc(N(CC)Cc2ccco2)cn1. The average molecular weight is 274 g/mol. The van der Waals surface area contributed by atoms with Gasteiger partial charge in [-0.1, -0.05) is 6.92 Å². The van der Waals surface area contributed by atoms with E-state index in [-0.39, 0.29) is 0 Å². The van der Waals surface area contributed by atoms with E-state index in [1.807, 2.05) is 24.5 Å². The Morgan fingerprint density at radius 3 is 2.75 bits per heavy atom. The molecule has 0 radical (unpaired) electrons. The number of rotatable bonds is 8. The Bertz CT molecular complexity index is 481. The largest absolute Gasteiger partial charge is 0.467 e. The molecule has 0 aliphatic carbocycles. The van der Waals surface area contributed by atoms with Gasteiger partial charge in [-0.2, -0.15) is 0 Å². The van der Waals surface area contributed by atoms with Gasteiger partial charge in [-0.3, -0.25) is 4.98 Å². The lowest BCUT2D eigenvalue weighted by Gasteiger charge is -2.20. The minimum atomic E-state index is 0.714. The molecule has 0 aliphatic heterocycles. The van der Waals surface area contributed by atoms with Gasteiger partial charge in [0, 0.05) is 13.1 Å². The van der Waals surface area contributed by atoms with Crippen molar-refractivity contribution in [2.45, 2.75) is 33.4 Å². The monoisotopic (exact) mass is 274 g/mol. The second kappa shape index (κ2) is 7.65. The Kier molecular flexibility index (Phi) is 5.55. The molecule has 0 saturated carbocycles. The Hall–Kier alpha value is -1.88. The zero-order valence-electron chi connectivity index (χ0n) is 12.2. The smallest absolute Gasteiger partial charge is 0.147 e. The van der Waals surface area contributed by atoms with Crippen LogP contribution in [0.15, 0.2) is 35.2 Å². The summed E-state index contributed by atoms with van der Waals surface area (Å²) in [6, 6.07) is 3.87. The lowest BCUT2D eigenvalue weighted by Crippen LogP contribution is -2.23. The Morgan fingerprint density at radius 1 is 1.25 bits per heavy atom. The second-order valence-electron chi connectivity index (χ2n) is 4.64. The van der Waals surface area contributed by atoms with E-state index in [0.29, 0.717) is 6.54 Å². The molecule has 2 rings (SSSR count). The number of nitrogens with one attached hydrogen (secondary N) is 1. The van der Waals surface area contributed by atoms with Crippen molar-refractivity contribution in [1.29, 1.82) is 0 Å². The molecule has 0 atom stereocenters. The fraction of sp³-hybridized carbons (Fsp3) is 0.467. The summed E-state index contributed by atoms with van der Waals surface area (Å²) in [6.07, 6.45) is 6.48. The van der Waals surface area contributed by atoms with E-state index in [1.165, 1.54) is 0 Å². The lowest BCUT2D eigenvalue weighted by atomic mass is 10.3. The summed E-state index contributed by atoms with van der Waals surface area (Å²) < 4.78 is 5.38. The number of anilines is 1. The summed E-state index contributed by atoms with van der Waals surface area (Å²) in [6.45, 7) is 7.60. The van der Waals surface area contributed by atoms with Gasteiger partial charge in [0.15, 0.2) is 0 Å². The lowest BCUT2D eigenvalue weighted by molar-refractivity contribution is 0.502. The first-order valence-electron chi connectivity index (χ1n) is 7.12. The van der Waals surface area contributed by atoms with Crippen LogP contribution in [0.5, 0.6) is 0 Å². The van der Waals surface area contributed by atoms with Gasteiger partial charge < -0.3 is 14.6 Å². The number of furan rings is 1. The summed E-state index contributed by atoms with van der Waals surface area (Å²) in [4.78, 5) is 11.1. The highest BCUT2D eigenvalue weighted by atomic mass is 16.3. The molecule has 1 N–H and O–H groups in total. The molecule has 2 heterocycles. The first kappa shape index (κ1) is 14.5. The molecule has 0 aromatic carbocycles. The van der Waals surface area contributed by atoms with Gasteiger partial charge in [0.2, 0.25) is 0 Å². The van der Waals surface area contributed by atoms with Crippen molar-refractivity contribution in [2.24, 2.45) is 0 Å². The molecule has 0 amide bonds. The molecule has 0 aliphatic rings. The van der Waals surface area contributed by atoms with Crippen LogP contribution in [0.4, 0.5) is 5.82 Å². The molecule has 5 nitrogen and oxygen atoms in total. The minimum absolute atomic E-state index is 0.714. The highest BCUT2D eigenvalue weighted by Gasteiger charge is 2.09. The predicted molar refractivity (Wildman–Crippen MR) is 79.5 cm³/mol.